The Morgan fingerprint density at radius 3 is 2.38 bits per heavy atom. The van der Waals surface area contributed by atoms with Crippen LogP contribution in [0.1, 0.15) is 6.92 Å². The topological polar surface area (TPSA) is 55.4 Å². The Bertz CT molecular complexity index is 428. The zero-order valence-corrected chi connectivity index (χ0v) is 9.92. The van der Waals surface area contributed by atoms with Crippen molar-refractivity contribution in [3.63, 3.8) is 0 Å². The fourth-order valence-corrected chi connectivity index (χ4v) is 2.17. The lowest BCUT2D eigenvalue weighted by Crippen LogP contribution is -2.29. The summed E-state index contributed by atoms with van der Waals surface area (Å²) in [5.41, 5.74) is 0. The SMILES string of the molecule is COc1ccc(S(=O)(=O)NCC(C)F)cc1. The van der Waals surface area contributed by atoms with E-state index in [4.69, 9.17) is 4.74 Å². The van der Waals surface area contributed by atoms with E-state index >= 15 is 0 Å². The molecule has 0 aliphatic carbocycles. The summed E-state index contributed by atoms with van der Waals surface area (Å²) in [6.45, 7) is 1.06. The van der Waals surface area contributed by atoms with Crippen LogP contribution >= 0.6 is 0 Å². The minimum atomic E-state index is -3.63. The summed E-state index contributed by atoms with van der Waals surface area (Å²) in [5, 5.41) is 0. The molecule has 1 rings (SSSR count). The maximum atomic E-state index is 12.5. The van der Waals surface area contributed by atoms with Gasteiger partial charge in [-0.25, -0.2) is 17.5 Å². The molecule has 0 spiro atoms. The van der Waals surface area contributed by atoms with Crippen LogP contribution in [0.3, 0.4) is 0 Å². The van der Waals surface area contributed by atoms with Gasteiger partial charge in [-0.1, -0.05) is 0 Å². The Labute approximate surface area is 94.5 Å². The molecule has 0 bridgehead atoms. The van der Waals surface area contributed by atoms with Crippen LogP contribution in [0.25, 0.3) is 0 Å². The number of sulfonamides is 1. The minimum absolute atomic E-state index is 0.0916. The first-order chi connectivity index (χ1) is 7.45. The maximum Gasteiger partial charge on any atom is 0.240 e. The number of methoxy groups -OCH3 is 1. The molecule has 0 heterocycles. The van der Waals surface area contributed by atoms with Gasteiger partial charge >= 0.3 is 0 Å². The molecule has 4 nitrogen and oxygen atoms in total. The quantitative estimate of drug-likeness (QED) is 0.854. The van der Waals surface area contributed by atoms with Crippen molar-refractivity contribution < 1.29 is 17.5 Å². The second-order valence-corrected chi connectivity index (χ2v) is 5.08. The second-order valence-electron chi connectivity index (χ2n) is 3.31. The number of halogens is 1. The Morgan fingerprint density at radius 1 is 1.38 bits per heavy atom. The van der Waals surface area contributed by atoms with E-state index in [9.17, 15) is 12.8 Å². The lowest BCUT2D eigenvalue weighted by molar-refractivity contribution is 0.360. The molecule has 0 aliphatic heterocycles. The Hall–Kier alpha value is -1.14. The summed E-state index contributed by atoms with van der Waals surface area (Å²) >= 11 is 0. The molecule has 1 N–H and O–H groups in total. The monoisotopic (exact) mass is 247 g/mol. The van der Waals surface area contributed by atoms with Crippen LogP contribution in [-0.4, -0.2) is 28.2 Å². The van der Waals surface area contributed by atoms with Crippen LogP contribution in [0.4, 0.5) is 4.39 Å². The smallest absolute Gasteiger partial charge is 0.240 e. The summed E-state index contributed by atoms with van der Waals surface area (Å²) in [4.78, 5) is 0.0916. The number of nitrogens with one attached hydrogen (secondary N) is 1. The first kappa shape index (κ1) is 12.9. The molecular formula is C10H14FNO3S. The maximum absolute atomic E-state index is 12.5. The number of rotatable bonds is 5. The molecule has 0 saturated carbocycles. The highest BCUT2D eigenvalue weighted by molar-refractivity contribution is 7.89. The third-order valence-electron chi connectivity index (χ3n) is 1.92. The van der Waals surface area contributed by atoms with E-state index in [1.807, 2.05) is 0 Å². The van der Waals surface area contributed by atoms with Crippen LogP contribution in [-0.2, 0) is 10.0 Å². The minimum Gasteiger partial charge on any atom is -0.497 e. The van der Waals surface area contributed by atoms with Crippen LogP contribution in [0.2, 0.25) is 0 Å². The lowest BCUT2D eigenvalue weighted by atomic mass is 10.3. The van der Waals surface area contributed by atoms with Gasteiger partial charge in [0.1, 0.15) is 11.9 Å². The first-order valence-electron chi connectivity index (χ1n) is 4.73. The molecule has 1 aromatic carbocycles. The summed E-state index contributed by atoms with van der Waals surface area (Å²) in [7, 11) is -2.13. The largest absolute Gasteiger partial charge is 0.497 e. The predicted octanol–water partition coefficient (Wildman–Crippen LogP) is 1.33. The summed E-state index contributed by atoms with van der Waals surface area (Å²) in [5.74, 6) is 0.567. The van der Waals surface area contributed by atoms with Gasteiger partial charge in [-0.2, -0.15) is 0 Å². The fourth-order valence-electron chi connectivity index (χ4n) is 1.06. The molecular weight excluding hydrogens is 233 g/mol. The highest BCUT2D eigenvalue weighted by Gasteiger charge is 2.14. The first-order valence-corrected chi connectivity index (χ1v) is 6.22. The molecule has 0 fully saturated rings. The van der Waals surface area contributed by atoms with Crippen molar-refractivity contribution in [2.24, 2.45) is 0 Å². The molecule has 6 heteroatoms. The molecule has 0 radical (unpaired) electrons. The zero-order chi connectivity index (χ0) is 12.2. The molecule has 1 atom stereocenters. The van der Waals surface area contributed by atoms with Gasteiger partial charge in [0.15, 0.2) is 0 Å². The molecule has 0 aliphatic rings. The van der Waals surface area contributed by atoms with Crippen LogP contribution < -0.4 is 9.46 Å². The molecule has 0 amide bonds. The van der Waals surface area contributed by atoms with Gasteiger partial charge in [-0.3, -0.25) is 0 Å². The van der Waals surface area contributed by atoms with Crippen molar-refractivity contribution in [3.05, 3.63) is 24.3 Å². The number of ether oxygens (including phenoxy) is 1. The number of alkyl halides is 1. The van der Waals surface area contributed by atoms with Crippen LogP contribution in [0.15, 0.2) is 29.2 Å². The Kier molecular flexibility index (Phi) is 4.26. The highest BCUT2D eigenvalue weighted by Crippen LogP contribution is 2.15. The van der Waals surface area contributed by atoms with E-state index in [0.717, 1.165) is 0 Å². The average molecular weight is 247 g/mol. The molecule has 90 valence electrons. The third kappa shape index (κ3) is 3.46. The van der Waals surface area contributed by atoms with Crippen molar-refractivity contribution in [1.82, 2.24) is 4.72 Å². The lowest BCUT2D eigenvalue weighted by Gasteiger charge is -2.07. The van der Waals surface area contributed by atoms with Gasteiger partial charge in [0.05, 0.1) is 12.0 Å². The number of benzene rings is 1. The van der Waals surface area contributed by atoms with E-state index in [0.29, 0.717) is 5.75 Å². The average Bonchev–Trinajstić information content (AvgIpc) is 2.27. The third-order valence-corrected chi connectivity index (χ3v) is 3.36. The Morgan fingerprint density at radius 2 is 1.94 bits per heavy atom. The van der Waals surface area contributed by atoms with Crippen LogP contribution in [0.5, 0.6) is 5.75 Å². The normalized spacial score (nSPS) is 13.4. The molecule has 1 unspecified atom stereocenters. The van der Waals surface area contributed by atoms with Crippen molar-refractivity contribution in [2.75, 3.05) is 13.7 Å². The molecule has 0 saturated heterocycles. The van der Waals surface area contributed by atoms with E-state index in [2.05, 4.69) is 4.72 Å². The van der Waals surface area contributed by atoms with Gasteiger partial charge in [0.2, 0.25) is 10.0 Å². The number of hydrogen-bond acceptors (Lipinski definition) is 3. The Balaban J connectivity index is 2.82. The van der Waals surface area contributed by atoms with Gasteiger partial charge in [0.25, 0.3) is 0 Å². The van der Waals surface area contributed by atoms with E-state index < -0.39 is 16.2 Å². The molecule has 0 aromatic heterocycles. The molecule has 16 heavy (non-hydrogen) atoms. The zero-order valence-electron chi connectivity index (χ0n) is 9.10. The van der Waals surface area contributed by atoms with Gasteiger partial charge in [-0.15, -0.1) is 0 Å². The van der Waals surface area contributed by atoms with E-state index in [1.165, 1.54) is 38.3 Å². The standard InChI is InChI=1S/C10H14FNO3S/c1-8(11)7-12-16(13,14)10-5-3-9(15-2)4-6-10/h3-6,8,12H,7H2,1-2H3. The molecule has 1 aromatic rings. The van der Waals surface area contributed by atoms with E-state index in [1.54, 1.807) is 0 Å². The van der Waals surface area contributed by atoms with Crippen molar-refractivity contribution >= 4 is 10.0 Å². The summed E-state index contributed by atoms with van der Waals surface area (Å²) in [6.07, 6.45) is -1.21. The summed E-state index contributed by atoms with van der Waals surface area (Å²) < 4.78 is 42.8. The van der Waals surface area contributed by atoms with Crippen LogP contribution in [0, 0.1) is 0 Å². The van der Waals surface area contributed by atoms with Crippen molar-refractivity contribution in [2.45, 2.75) is 18.0 Å². The predicted molar refractivity (Wildman–Crippen MR) is 58.8 cm³/mol. The van der Waals surface area contributed by atoms with Crippen molar-refractivity contribution in [3.8, 4) is 5.75 Å². The van der Waals surface area contributed by atoms with Gasteiger partial charge in [0, 0.05) is 6.54 Å². The summed E-state index contributed by atoms with van der Waals surface area (Å²) in [6, 6.07) is 5.88. The number of hydrogen-bond donors (Lipinski definition) is 1. The second kappa shape index (κ2) is 5.27. The van der Waals surface area contributed by atoms with Gasteiger partial charge < -0.3 is 4.74 Å². The fraction of sp³-hybridized carbons (Fsp3) is 0.400. The highest BCUT2D eigenvalue weighted by atomic mass is 32.2. The van der Waals surface area contributed by atoms with E-state index in [-0.39, 0.29) is 11.4 Å². The van der Waals surface area contributed by atoms with Crippen molar-refractivity contribution in [1.29, 1.82) is 0 Å². The van der Waals surface area contributed by atoms with Gasteiger partial charge in [-0.05, 0) is 31.2 Å².